The molecule has 1 aromatic heterocycles. The average molecular weight is 388 g/mol. The van der Waals surface area contributed by atoms with Gasteiger partial charge in [0.1, 0.15) is 6.54 Å². The quantitative estimate of drug-likeness (QED) is 0.718. The van der Waals surface area contributed by atoms with Crippen LogP contribution in [-0.4, -0.2) is 85.0 Å². The lowest BCUT2D eigenvalue weighted by Gasteiger charge is -2.37. The van der Waals surface area contributed by atoms with Crippen molar-refractivity contribution in [3.63, 3.8) is 0 Å². The molecule has 9 heteroatoms. The zero-order valence-corrected chi connectivity index (χ0v) is 15.7. The number of likely N-dealkylation sites (tertiary alicyclic amines) is 1. The molecule has 0 spiro atoms. The van der Waals surface area contributed by atoms with Gasteiger partial charge in [-0.3, -0.25) is 19.3 Å². The van der Waals surface area contributed by atoms with E-state index in [0.717, 1.165) is 12.8 Å². The third kappa shape index (κ3) is 3.80. The first-order valence-electron chi connectivity index (χ1n) is 9.66. The molecule has 3 aliphatic rings. The number of aromatic nitrogens is 1. The van der Waals surface area contributed by atoms with E-state index in [1.54, 1.807) is 23.2 Å². The van der Waals surface area contributed by atoms with E-state index in [2.05, 4.69) is 4.98 Å². The highest BCUT2D eigenvalue weighted by Crippen LogP contribution is 2.29. The van der Waals surface area contributed by atoms with Gasteiger partial charge in [-0.05, 0) is 25.0 Å². The maximum atomic E-state index is 12.9. The second-order valence-corrected chi connectivity index (χ2v) is 7.21. The zero-order valence-electron chi connectivity index (χ0n) is 15.7. The summed E-state index contributed by atoms with van der Waals surface area (Å²) < 4.78 is 10.7. The number of rotatable bonds is 3. The molecule has 1 aromatic rings. The fraction of sp³-hybridized carbons (Fsp3) is 0.579. The first-order valence-corrected chi connectivity index (χ1v) is 9.66. The van der Waals surface area contributed by atoms with E-state index in [9.17, 15) is 14.4 Å². The van der Waals surface area contributed by atoms with E-state index >= 15 is 0 Å². The number of hydrogen-bond acceptors (Lipinski definition) is 6. The van der Waals surface area contributed by atoms with Crippen molar-refractivity contribution in [3.05, 3.63) is 18.3 Å². The summed E-state index contributed by atoms with van der Waals surface area (Å²) in [5.74, 6) is 0.291. The number of piperidine rings is 1. The molecule has 28 heavy (non-hydrogen) atoms. The number of carbonyl (C=O) groups excluding carboxylic acids is 3. The number of carbonyl (C=O) groups is 3. The van der Waals surface area contributed by atoms with Crippen LogP contribution in [0, 0.1) is 5.92 Å². The number of nitrogens with zero attached hydrogens (tertiary/aromatic N) is 4. The topological polar surface area (TPSA) is 92.3 Å². The molecule has 0 bridgehead atoms. The van der Waals surface area contributed by atoms with Gasteiger partial charge in [-0.25, -0.2) is 4.98 Å². The molecule has 9 nitrogen and oxygen atoms in total. The van der Waals surface area contributed by atoms with Crippen molar-refractivity contribution in [1.29, 1.82) is 0 Å². The van der Waals surface area contributed by atoms with Crippen molar-refractivity contribution in [3.8, 4) is 5.75 Å². The van der Waals surface area contributed by atoms with E-state index in [-0.39, 0.29) is 36.8 Å². The van der Waals surface area contributed by atoms with Crippen molar-refractivity contribution in [1.82, 2.24) is 14.8 Å². The van der Waals surface area contributed by atoms with E-state index < -0.39 is 0 Å². The van der Waals surface area contributed by atoms with E-state index in [0.29, 0.717) is 51.0 Å². The molecule has 1 unspecified atom stereocenters. The number of fused-ring (bicyclic) bond motifs is 1. The molecule has 0 aliphatic carbocycles. The first-order chi connectivity index (χ1) is 13.6. The summed E-state index contributed by atoms with van der Waals surface area (Å²) in [5, 5.41) is 0. The van der Waals surface area contributed by atoms with Gasteiger partial charge in [-0.15, -0.1) is 0 Å². The highest BCUT2D eigenvalue weighted by atomic mass is 16.5. The molecule has 2 saturated heterocycles. The normalized spacial score (nSPS) is 22.5. The summed E-state index contributed by atoms with van der Waals surface area (Å²) >= 11 is 0. The van der Waals surface area contributed by atoms with E-state index in [1.807, 2.05) is 4.90 Å². The van der Waals surface area contributed by atoms with Crippen molar-refractivity contribution in [2.75, 3.05) is 57.4 Å². The molecule has 0 N–H and O–H groups in total. The molecule has 0 saturated carbocycles. The van der Waals surface area contributed by atoms with Gasteiger partial charge in [0.05, 0.1) is 19.1 Å². The third-order valence-corrected chi connectivity index (χ3v) is 5.40. The number of anilines is 1. The fourth-order valence-corrected chi connectivity index (χ4v) is 3.88. The minimum atomic E-state index is -0.294. The van der Waals surface area contributed by atoms with E-state index in [4.69, 9.17) is 9.47 Å². The predicted octanol–water partition coefficient (Wildman–Crippen LogP) is -0.0956. The Balaban J connectivity index is 1.41. The van der Waals surface area contributed by atoms with Crippen LogP contribution in [-0.2, 0) is 19.1 Å². The molecule has 0 aromatic carbocycles. The number of ether oxygens (including phenoxy) is 2. The van der Waals surface area contributed by atoms with Gasteiger partial charge in [-0.1, -0.05) is 0 Å². The van der Waals surface area contributed by atoms with Gasteiger partial charge >= 0.3 is 0 Å². The van der Waals surface area contributed by atoms with Crippen LogP contribution in [0.4, 0.5) is 5.82 Å². The zero-order chi connectivity index (χ0) is 19.5. The Kier molecular flexibility index (Phi) is 5.43. The van der Waals surface area contributed by atoms with Crippen molar-refractivity contribution < 1.29 is 23.9 Å². The van der Waals surface area contributed by atoms with Gasteiger partial charge < -0.3 is 19.3 Å². The molecule has 2 fully saturated rings. The van der Waals surface area contributed by atoms with Crippen molar-refractivity contribution in [2.45, 2.75) is 12.8 Å². The van der Waals surface area contributed by atoms with Crippen LogP contribution < -0.4 is 9.64 Å². The third-order valence-electron chi connectivity index (χ3n) is 5.40. The first kappa shape index (κ1) is 18.7. The highest BCUT2D eigenvalue weighted by molar-refractivity contribution is 6.01. The number of morpholine rings is 1. The summed E-state index contributed by atoms with van der Waals surface area (Å²) in [7, 11) is 0. The van der Waals surface area contributed by atoms with Gasteiger partial charge in [-0.2, -0.15) is 0 Å². The summed E-state index contributed by atoms with van der Waals surface area (Å²) in [6, 6.07) is 3.45. The Morgan fingerprint density at radius 1 is 1.18 bits per heavy atom. The lowest BCUT2D eigenvalue weighted by atomic mass is 9.96. The predicted molar refractivity (Wildman–Crippen MR) is 98.8 cm³/mol. The summed E-state index contributed by atoms with van der Waals surface area (Å²) in [5.41, 5.74) is 0. The van der Waals surface area contributed by atoms with Crippen LogP contribution >= 0.6 is 0 Å². The minimum absolute atomic E-state index is 0.0926. The molecule has 0 radical (unpaired) electrons. The molecule has 3 amide bonds. The van der Waals surface area contributed by atoms with Gasteiger partial charge in [0.15, 0.2) is 18.2 Å². The second-order valence-electron chi connectivity index (χ2n) is 7.21. The average Bonchev–Trinajstić information content (AvgIpc) is 2.76. The smallest absolute Gasteiger partial charge is 0.266 e. The van der Waals surface area contributed by atoms with Crippen LogP contribution in [0.5, 0.6) is 5.75 Å². The Labute approximate surface area is 163 Å². The maximum Gasteiger partial charge on any atom is 0.266 e. The molecule has 4 rings (SSSR count). The molecular weight excluding hydrogens is 364 g/mol. The largest absolute Gasteiger partial charge is 0.480 e. The van der Waals surface area contributed by atoms with Crippen LogP contribution in [0.1, 0.15) is 12.8 Å². The molecule has 1 atom stereocenters. The van der Waals surface area contributed by atoms with Crippen molar-refractivity contribution >= 4 is 23.5 Å². The van der Waals surface area contributed by atoms with E-state index in [1.165, 1.54) is 4.90 Å². The number of hydrogen-bond donors (Lipinski definition) is 0. The Morgan fingerprint density at radius 2 is 2.00 bits per heavy atom. The van der Waals surface area contributed by atoms with Gasteiger partial charge in [0.25, 0.3) is 5.91 Å². The highest BCUT2D eigenvalue weighted by Gasteiger charge is 2.34. The lowest BCUT2D eigenvalue weighted by molar-refractivity contribution is -0.144. The van der Waals surface area contributed by atoms with Gasteiger partial charge in [0, 0.05) is 32.4 Å². The molecule has 4 heterocycles. The monoisotopic (exact) mass is 388 g/mol. The fourth-order valence-electron chi connectivity index (χ4n) is 3.88. The van der Waals surface area contributed by atoms with Crippen LogP contribution in [0.3, 0.4) is 0 Å². The van der Waals surface area contributed by atoms with Gasteiger partial charge in [0.2, 0.25) is 11.8 Å². The van der Waals surface area contributed by atoms with Crippen LogP contribution in [0.25, 0.3) is 0 Å². The molecular formula is C19H24N4O5. The number of amides is 3. The summed E-state index contributed by atoms with van der Waals surface area (Å²) in [6.45, 7) is 3.12. The van der Waals surface area contributed by atoms with Crippen molar-refractivity contribution in [2.24, 2.45) is 5.92 Å². The Hall–Kier alpha value is -2.68. The Morgan fingerprint density at radius 3 is 2.82 bits per heavy atom. The molecule has 150 valence electrons. The second kappa shape index (κ2) is 8.14. The standard InChI is InChI=1S/C19H24N4O5/c24-16(12-23-17(25)13-28-15-4-1-5-20-18(15)23)22-6-2-3-14(11-22)19(26)21-7-9-27-10-8-21/h1,4-5,14H,2-3,6-13H2. The summed E-state index contributed by atoms with van der Waals surface area (Å²) in [4.78, 5) is 47.0. The lowest BCUT2D eigenvalue weighted by Crippen LogP contribution is -2.52. The van der Waals surface area contributed by atoms with Crippen LogP contribution in [0.15, 0.2) is 18.3 Å². The van der Waals surface area contributed by atoms with Crippen LogP contribution in [0.2, 0.25) is 0 Å². The summed E-state index contributed by atoms with van der Waals surface area (Å²) in [6.07, 6.45) is 3.12. The number of pyridine rings is 1. The minimum Gasteiger partial charge on any atom is -0.480 e. The molecule has 3 aliphatic heterocycles. The SMILES string of the molecule is O=C(CN1C(=O)COc2cccnc21)N1CCCC(C(=O)N2CCOCC2)C1. The maximum absolute atomic E-state index is 12.9. The Bertz CT molecular complexity index is 764.